The van der Waals surface area contributed by atoms with Crippen molar-refractivity contribution in [1.82, 2.24) is 0 Å². The molecule has 4 heteroatoms. The molecule has 0 fully saturated rings. The number of methoxy groups -OCH3 is 2. The fourth-order valence-electron chi connectivity index (χ4n) is 6.94. The Balaban J connectivity index is 2.32. The Morgan fingerprint density at radius 2 is 0.621 bits per heavy atom. The normalized spacial score (nSPS) is 15.9. The van der Waals surface area contributed by atoms with E-state index in [0.717, 1.165) is 89.9 Å². The van der Waals surface area contributed by atoms with E-state index in [1.54, 1.807) is 6.92 Å². The van der Waals surface area contributed by atoms with Gasteiger partial charge in [-0.1, -0.05) is 105 Å². The van der Waals surface area contributed by atoms with Crippen molar-refractivity contribution < 1.29 is 19.1 Å². The molecule has 0 aromatic carbocycles. The first-order chi connectivity index (χ1) is 27.6. The molecule has 58 heavy (non-hydrogen) atoms. The molecule has 0 aromatic rings. The van der Waals surface area contributed by atoms with E-state index in [1.165, 1.54) is 77.2 Å². The van der Waals surface area contributed by atoms with E-state index in [2.05, 4.69) is 124 Å². The van der Waals surface area contributed by atoms with Crippen molar-refractivity contribution >= 4 is 11.6 Å². The molecule has 0 atom stereocenters. The number of hydrogen-bond donors (Lipinski definition) is 0. The van der Waals surface area contributed by atoms with Crippen LogP contribution in [0.3, 0.4) is 0 Å². The van der Waals surface area contributed by atoms with Crippen molar-refractivity contribution in [3.8, 4) is 0 Å². The van der Waals surface area contributed by atoms with Crippen molar-refractivity contribution in [3.05, 3.63) is 128 Å². The number of carbonyl (C=O) groups is 2. The summed E-state index contributed by atoms with van der Waals surface area (Å²) in [6, 6.07) is 0. The molecule has 0 saturated heterocycles. The maximum atomic E-state index is 12.9. The minimum Gasteiger partial charge on any atom is -0.489 e. The summed E-state index contributed by atoms with van der Waals surface area (Å²) in [4.78, 5) is 25.5. The fraction of sp³-hybridized carbons (Fsp3) is 0.556. The van der Waals surface area contributed by atoms with Gasteiger partial charge in [0.15, 0.2) is 0 Å². The van der Waals surface area contributed by atoms with Crippen molar-refractivity contribution in [2.45, 2.75) is 185 Å². The van der Waals surface area contributed by atoms with Crippen molar-refractivity contribution in [1.29, 1.82) is 0 Å². The Morgan fingerprint density at radius 1 is 0.379 bits per heavy atom. The Hall–Kier alpha value is -3.92. The van der Waals surface area contributed by atoms with Gasteiger partial charge in [-0.2, -0.15) is 0 Å². The Morgan fingerprint density at radius 3 is 0.879 bits per heavy atom. The molecule has 0 saturated carbocycles. The van der Waals surface area contributed by atoms with Gasteiger partial charge in [0, 0.05) is 11.1 Å². The van der Waals surface area contributed by atoms with Crippen LogP contribution in [-0.4, -0.2) is 25.8 Å². The first kappa shape index (κ1) is 52.1. The van der Waals surface area contributed by atoms with E-state index in [4.69, 9.17) is 9.47 Å². The maximum Gasteiger partial charge on any atom is 0.228 e. The van der Waals surface area contributed by atoms with Crippen LogP contribution >= 0.6 is 0 Å². The highest BCUT2D eigenvalue weighted by atomic mass is 16.5. The third kappa shape index (κ3) is 22.9. The van der Waals surface area contributed by atoms with Crippen LogP contribution in [0, 0.1) is 0 Å². The minimum absolute atomic E-state index is 0.00654. The third-order valence-corrected chi connectivity index (χ3v) is 11.1. The number of ketones is 2. The van der Waals surface area contributed by atoms with Gasteiger partial charge in [-0.3, -0.25) is 9.59 Å². The van der Waals surface area contributed by atoms with Gasteiger partial charge in [0.2, 0.25) is 23.1 Å². The highest BCUT2D eigenvalue weighted by Crippen LogP contribution is 2.28. The van der Waals surface area contributed by atoms with E-state index in [-0.39, 0.29) is 23.1 Å². The lowest BCUT2D eigenvalue weighted by atomic mass is 9.90. The number of hydrogen-bond acceptors (Lipinski definition) is 4. The van der Waals surface area contributed by atoms with E-state index >= 15 is 0 Å². The predicted molar refractivity (Wildman–Crippen MR) is 252 cm³/mol. The molecule has 0 spiro atoms. The highest BCUT2D eigenvalue weighted by Gasteiger charge is 2.34. The van der Waals surface area contributed by atoms with Gasteiger partial charge in [-0.25, -0.2) is 0 Å². The lowest BCUT2D eigenvalue weighted by molar-refractivity contribution is -0.121. The smallest absolute Gasteiger partial charge is 0.228 e. The highest BCUT2D eigenvalue weighted by molar-refractivity contribution is 6.23. The zero-order chi connectivity index (χ0) is 43.5. The molecule has 0 unspecified atom stereocenters. The predicted octanol–water partition coefficient (Wildman–Crippen LogP) is 16.1. The summed E-state index contributed by atoms with van der Waals surface area (Å²) >= 11 is 0. The Bertz CT molecular complexity index is 1680. The molecule has 0 heterocycles. The molecule has 0 bridgehead atoms. The number of Topliss-reactive ketones (excluding diaryl/α,β-unsaturated/α-hetero) is 2. The van der Waals surface area contributed by atoms with Gasteiger partial charge in [-0.15, -0.1) is 0 Å². The van der Waals surface area contributed by atoms with Gasteiger partial charge in [0.05, 0.1) is 14.2 Å². The molecule has 0 aliphatic heterocycles. The van der Waals surface area contributed by atoms with E-state index < -0.39 is 0 Å². The Kier molecular flexibility index (Phi) is 27.1. The van der Waals surface area contributed by atoms with Crippen molar-refractivity contribution in [2.75, 3.05) is 14.2 Å². The molecule has 4 nitrogen and oxygen atoms in total. The number of ether oxygens (including phenoxy) is 2. The van der Waals surface area contributed by atoms with Crippen LogP contribution in [0.25, 0.3) is 0 Å². The Labute approximate surface area is 356 Å². The van der Waals surface area contributed by atoms with Gasteiger partial charge < -0.3 is 9.47 Å². The first-order valence-electron chi connectivity index (χ1n) is 22.1. The molecule has 322 valence electrons. The molecule has 1 aliphatic carbocycles. The van der Waals surface area contributed by atoms with E-state index in [9.17, 15) is 9.59 Å². The van der Waals surface area contributed by atoms with Crippen LogP contribution in [0.1, 0.15) is 185 Å². The lowest BCUT2D eigenvalue weighted by Gasteiger charge is -2.19. The summed E-state index contributed by atoms with van der Waals surface area (Å²) in [5.74, 6) is -0.571. The van der Waals surface area contributed by atoms with Crippen molar-refractivity contribution in [2.24, 2.45) is 0 Å². The second-order valence-corrected chi connectivity index (χ2v) is 17.0. The van der Waals surface area contributed by atoms with Gasteiger partial charge in [-0.05, 0) is 185 Å². The van der Waals surface area contributed by atoms with E-state index in [1.807, 2.05) is 0 Å². The average molecular weight is 795 g/mol. The molecule has 0 amide bonds. The van der Waals surface area contributed by atoms with E-state index in [0.29, 0.717) is 17.6 Å². The van der Waals surface area contributed by atoms with Crippen LogP contribution in [0.15, 0.2) is 128 Å². The number of carbonyl (C=O) groups excluding carboxylic acids is 2. The summed E-state index contributed by atoms with van der Waals surface area (Å²) in [5, 5.41) is 0. The zero-order valence-corrected chi connectivity index (χ0v) is 39.3. The second-order valence-electron chi connectivity index (χ2n) is 17.0. The molecular weight excluding hydrogens is 713 g/mol. The topological polar surface area (TPSA) is 52.6 Å². The summed E-state index contributed by atoms with van der Waals surface area (Å²) in [6.45, 7) is 24.0. The SMILES string of the molecule is COC1=C(OC)C(=O)C(C/C=C(/C)CC/C=C(/C)CC/C=C(\C)CC/C=C(\C)CC/C=C(\C)CC/C=C(\C)CC/C=C(\C)CC/C=C(\C)CCC=C(C)C)=C(C)C1=O. The van der Waals surface area contributed by atoms with Crippen LogP contribution in [0.5, 0.6) is 0 Å². The average Bonchev–Trinajstić information content (AvgIpc) is 3.16. The summed E-state index contributed by atoms with van der Waals surface area (Å²) in [7, 11) is 2.78. The van der Waals surface area contributed by atoms with Crippen LogP contribution < -0.4 is 0 Å². The first-order valence-corrected chi connectivity index (χ1v) is 22.1. The largest absolute Gasteiger partial charge is 0.489 e. The van der Waals surface area contributed by atoms with Gasteiger partial charge in [0.1, 0.15) is 0 Å². The van der Waals surface area contributed by atoms with Crippen LogP contribution in [0.2, 0.25) is 0 Å². The summed E-state index contributed by atoms with van der Waals surface area (Å²) in [5.41, 5.74) is 13.9. The number of rotatable bonds is 28. The fourth-order valence-corrected chi connectivity index (χ4v) is 6.94. The summed E-state index contributed by atoms with van der Waals surface area (Å²) < 4.78 is 10.3. The molecule has 1 rings (SSSR count). The number of allylic oxidation sites excluding steroid dienone is 20. The quantitative estimate of drug-likeness (QED) is 0.0585. The molecule has 0 aromatic heterocycles. The zero-order valence-electron chi connectivity index (χ0n) is 39.3. The lowest BCUT2D eigenvalue weighted by Crippen LogP contribution is -2.24. The standard InChI is InChI=1S/C54H82O4/c1-40(2)22-14-23-41(3)24-15-25-42(4)26-16-27-43(5)28-17-29-44(6)30-18-31-45(7)32-19-33-46(8)34-20-35-47(9)36-21-37-48(10)38-39-50-49(11)51(55)53(57-12)54(58-13)52(50)56/h22,24,26,28,30,32,34,36,38H,14-21,23,25,27,29,31,33,35,37,39H2,1-13H3/b41-24+,42-26+,43-28+,44-30+,45-32+,46-34+,47-36-,48-38-. The summed E-state index contributed by atoms with van der Waals surface area (Å²) in [6.07, 6.45) is 39.5. The van der Waals surface area contributed by atoms with Gasteiger partial charge in [0.25, 0.3) is 0 Å². The molecule has 1 aliphatic rings. The van der Waals surface area contributed by atoms with Crippen LogP contribution in [-0.2, 0) is 19.1 Å². The maximum absolute atomic E-state index is 12.9. The van der Waals surface area contributed by atoms with Crippen LogP contribution in [0.4, 0.5) is 0 Å². The molecule has 0 N–H and O–H groups in total. The molecular formula is C54H82O4. The van der Waals surface area contributed by atoms with Gasteiger partial charge >= 0.3 is 0 Å². The second kappa shape index (κ2) is 30.2. The third-order valence-electron chi connectivity index (χ3n) is 11.1. The monoisotopic (exact) mass is 795 g/mol. The van der Waals surface area contributed by atoms with Crippen molar-refractivity contribution in [3.63, 3.8) is 0 Å². The molecule has 0 radical (unpaired) electrons. The minimum atomic E-state index is -0.284.